The molecule has 5 nitrogen and oxygen atoms in total. The number of hydrogen-bond donors (Lipinski definition) is 2. The molecule has 0 aromatic carbocycles. The topological polar surface area (TPSA) is 79.5 Å². The highest BCUT2D eigenvalue weighted by Gasteiger charge is 2.26. The van der Waals surface area contributed by atoms with Crippen molar-refractivity contribution in [2.45, 2.75) is 25.9 Å². The number of amides is 1. The molecule has 1 fully saturated rings. The highest BCUT2D eigenvalue weighted by Crippen LogP contribution is 2.24. The first-order valence-corrected chi connectivity index (χ1v) is 6.30. The van der Waals surface area contributed by atoms with Gasteiger partial charge in [-0.25, -0.2) is 0 Å². The van der Waals surface area contributed by atoms with Crippen LogP contribution in [0, 0.1) is 5.92 Å². The summed E-state index contributed by atoms with van der Waals surface area (Å²) >= 11 is 0. The Balaban J connectivity index is 2.05. The summed E-state index contributed by atoms with van der Waals surface area (Å²) < 4.78 is 0. The Morgan fingerprint density at radius 1 is 1.67 bits per heavy atom. The van der Waals surface area contributed by atoms with E-state index in [9.17, 15) is 9.90 Å². The van der Waals surface area contributed by atoms with Crippen LogP contribution in [0.5, 0.6) is 0 Å². The molecule has 2 atom stereocenters. The number of rotatable bonds is 4. The average Bonchev–Trinajstić information content (AvgIpc) is 2.88. The lowest BCUT2D eigenvalue weighted by atomic mass is 10.1. The van der Waals surface area contributed by atoms with Crippen LogP contribution in [-0.2, 0) is 4.79 Å². The summed E-state index contributed by atoms with van der Waals surface area (Å²) in [6, 6.07) is 3.77. The van der Waals surface area contributed by atoms with E-state index in [1.807, 2.05) is 19.1 Å². The fraction of sp³-hybridized carbons (Fsp3) is 0.538. The number of carbonyl (C=O) groups excluding carboxylic acids is 1. The van der Waals surface area contributed by atoms with Crippen LogP contribution in [0.15, 0.2) is 18.3 Å². The third kappa shape index (κ3) is 2.61. The van der Waals surface area contributed by atoms with Crippen LogP contribution in [-0.4, -0.2) is 29.1 Å². The molecule has 2 rings (SSSR count). The molecule has 2 unspecified atom stereocenters. The van der Waals surface area contributed by atoms with Crippen LogP contribution in [0.3, 0.4) is 0 Å². The average molecular weight is 249 g/mol. The van der Waals surface area contributed by atoms with Crippen molar-refractivity contribution in [3.05, 3.63) is 24.0 Å². The standard InChI is InChI=1S/C13H19N3O2/c1-2-12(17)11-4-3-10(7-15-11)16-6-5-9(8-16)13(14)18/h3-4,7,9,12,17H,2,5-6,8H2,1H3,(H2,14,18). The van der Waals surface area contributed by atoms with Gasteiger partial charge in [0.25, 0.3) is 0 Å². The number of anilines is 1. The van der Waals surface area contributed by atoms with Gasteiger partial charge in [0.05, 0.1) is 29.6 Å². The van der Waals surface area contributed by atoms with Crippen molar-refractivity contribution in [2.75, 3.05) is 18.0 Å². The number of nitrogens with zero attached hydrogens (tertiary/aromatic N) is 2. The quantitative estimate of drug-likeness (QED) is 0.828. The first kappa shape index (κ1) is 12.8. The summed E-state index contributed by atoms with van der Waals surface area (Å²) in [6.45, 7) is 3.40. The van der Waals surface area contributed by atoms with E-state index in [0.717, 1.165) is 18.7 Å². The van der Waals surface area contributed by atoms with Crippen molar-refractivity contribution in [1.82, 2.24) is 4.98 Å². The van der Waals surface area contributed by atoms with Gasteiger partial charge in [-0.05, 0) is 25.0 Å². The second kappa shape index (κ2) is 5.35. The minimum absolute atomic E-state index is 0.0640. The number of pyridine rings is 1. The van der Waals surface area contributed by atoms with Crippen LogP contribution in [0.25, 0.3) is 0 Å². The molecule has 1 aromatic rings. The minimum Gasteiger partial charge on any atom is -0.387 e. The molecule has 1 aliphatic heterocycles. The lowest BCUT2D eigenvalue weighted by molar-refractivity contribution is -0.121. The van der Waals surface area contributed by atoms with Crippen molar-refractivity contribution in [1.29, 1.82) is 0 Å². The number of carbonyl (C=O) groups is 1. The molecule has 1 aromatic heterocycles. The van der Waals surface area contributed by atoms with E-state index in [1.54, 1.807) is 6.20 Å². The lowest BCUT2D eigenvalue weighted by Gasteiger charge is -2.18. The predicted octanol–water partition coefficient (Wildman–Crippen LogP) is 0.837. The molecule has 1 aliphatic rings. The fourth-order valence-electron chi connectivity index (χ4n) is 2.22. The lowest BCUT2D eigenvalue weighted by Crippen LogP contribution is -2.27. The van der Waals surface area contributed by atoms with Crippen molar-refractivity contribution < 1.29 is 9.90 Å². The van der Waals surface area contributed by atoms with E-state index >= 15 is 0 Å². The Hall–Kier alpha value is -1.62. The third-order valence-corrected chi connectivity index (χ3v) is 3.45. The Labute approximate surface area is 107 Å². The maximum absolute atomic E-state index is 11.1. The molecule has 18 heavy (non-hydrogen) atoms. The molecule has 0 spiro atoms. The molecule has 1 amide bonds. The summed E-state index contributed by atoms with van der Waals surface area (Å²) in [6.07, 6.45) is 2.70. The third-order valence-electron chi connectivity index (χ3n) is 3.45. The number of aliphatic hydroxyl groups excluding tert-OH is 1. The maximum Gasteiger partial charge on any atom is 0.222 e. The molecule has 0 saturated carbocycles. The Kier molecular flexibility index (Phi) is 3.81. The molecule has 98 valence electrons. The zero-order chi connectivity index (χ0) is 13.1. The van der Waals surface area contributed by atoms with E-state index in [4.69, 9.17) is 5.73 Å². The highest BCUT2D eigenvalue weighted by atomic mass is 16.3. The molecule has 0 bridgehead atoms. The Bertz CT molecular complexity index is 419. The summed E-state index contributed by atoms with van der Waals surface area (Å²) in [5.41, 5.74) is 6.97. The van der Waals surface area contributed by atoms with Gasteiger partial charge in [0.1, 0.15) is 0 Å². The van der Waals surface area contributed by atoms with Crippen molar-refractivity contribution >= 4 is 11.6 Å². The molecule has 0 aliphatic carbocycles. The molecule has 1 saturated heterocycles. The van der Waals surface area contributed by atoms with E-state index in [1.165, 1.54) is 0 Å². The summed E-state index contributed by atoms with van der Waals surface area (Å²) in [7, 11) is 0. The number of aromatic nitrogens is 1. The Morgan fingerprint density at radius 3 is 2.94 bits per heavy atom. The van der Waals surface area contributed by atoms with Gasteiger partial charge >= 0.3 is 0 Å². The monoisotopic (exact) mass is 249 g/mol. The van der Waals surface area contributed by atoms with Gasteiger partial charge in [-0.2, -0.15) is 0 Å². The van der Waals surface area contributed by atoms with Gasteiger partial charge < -0.3 is 15.7 Å². The smallest absolute Gasteiger partial charge is 0.222 e. The molecule has 0 radical (unpaired) electrons. The zero-order valence-electron chi connectivity index (χ0n) is 10.5. The van der Waals surface area contributed by atoms with Crippen LogP contribution < -0.4 is 10.6 Å². The largest absolute Gasteiger partial charge is 0.387 e. The van der Waals surface area contributed by atoms with Crippen molar-refractivity contribution in [2.24, 2.45) is 11.7 Å². The predicted molar refractivity (Wildman–Crippen MR) is 69.0 cm³/mol. The highest BCUT2D eigenvalue weighted by molar-refractivity contribution is 5.78. The van der Waals surface area contributed by atoms with E-state index in [-0.39, 0.29) is 11.8 Å². The van der Waals surface area contributed by atoms with Gasteiger partial charge in [-0.15, -0.1) is 0 Å². The number of aliphatic hydroxyl groups is 1. The number of nitrogens with two attached hydrogens (primary N) is 1. The number of hydrogen-bond acceptors (Lipinski definition) is 4. The van der Waals surface area contributed by atoms with E-state index < -0.39 is 6.10 Å². The first-order chi connectivity index (χ1) is 8.61. The van der Waals surface area contributed by atoms with Crippen LogP contribution >= 0.6 is 0 Å². The molecular formula is C13H19N3O2. The van der Waals surface area contributed by atoms with E-state index in [0.29, 0.717) is 18.7 Å². The van der Waals surface area contributed by atoms with Crippen molar-refractivity contribution in [3.8, 4) is 0 Å². The van der Waals surface area contributed by atoms with Gasteiger partial charge in [-0.1, -0.05) is 6.92 Å². The molecule has 2 heterocycles. The molecular weight excluding hydrogens is 230 g/mol. The van der Waals surface area contributed by atoms with Gasteiger partial charge in [0, 0.05) is 13.1 Å². The maximum atomic E-state index is 11.1. The summed E-state index contributed by atoms with van der Waals surface area (Å²) in [5, 5.41) is 9.66. The van der Waals surface area contributed by atoms with Gasteiger partial charge in [0.15, 0.2) is 0 Å². The fourth-order valence-corrected chi connectivity index (χ4v) is 2.22. The summed E-state index contributed by atoms with van der Waals surface area (Å²) in [5.74, 6) is -0.297. The minimum atomic E-state index is -0.504. The number of primary amides is 1. The van der Waals surface area contributed by atoms with Crippen molar-refractivity contribution in [3.63, 3.8) is 0 Å². The van der Waals surface area contributed by atoms with Crippen LogP contribution in [0.4, 0.5) is 5.69 Å². The molecule has 3 N–H and O–H groups in total. The Morgan fingerprint density at radius 2 is 2.44 bits per heavy atom. The van der Waals surface area contributed by atoms with Gasteiger partial charge in [0.2, 0.25) is 5.91 Å². The second-order valence-electron chi connectivity index (χ2n) is 4.70. The second-order valence-corrected chi connectivity index (χ2v) is 4.70. The molecule has 5 heteroatoms. The SMILES string of the molecule is CCC(O)c1ccc(N2CCC(C(N)=O)C2)cn1. The van der Waals surface area contributed by atoms with Gasteiger partial charge in [-0.3, -0.25) is 9.78 Å². The summed E-state index contributed by atoms with van der Waals surface area (Å²) in [4.78, 5) is 17.5. The zero-order valence-corrected chi connectivity index (χ0v) is 10.5. The first-order valence-electron chi connectivity index (χ1n) is 6.30. The van der Waals surface area contributed by atoms with Crippen LogP contribution in [0.2, 0.25) is 0 Å². The normalized spacial score (nSPS) is 21.0. The van der Waals surface area contributed by atoms with E-state index in [2.05, 4.69) is 9.88 Å². The van der Waals surface area contributed by atoms with Crippen LogP contribution in [0.1, 0.15) is 31.6 Å².